The topological polar surface area (TPSA) is 114 Å². The van der Waals surface area contributed by atoms with Crippen LogP contribution in [0.2, 0.25) is 0 Å². The van der Waals surface area contributed by atoms with Gasteiger partial charge < -0.3 is 15.6 Å². The molecule has 110 valence electrons. The molecular weight excluding hydrogens is 256 g/mol. The Morgan fingerprint density at radius 3 is 2.22 bits per heavy atom. The Kier molecular flexibility index (Phi) is 11.2. The summed E-state index contributed by atoms with van der Waals surface area (Å²) >= 11 is 0. The van der Waals surface area contributed by atoms with Crippen molar-refractivity contribution in [3.8, 4) is 0 Å². The first kappa shape index (κ1) is 19.7. The van der Waals surface area contributed by atoms with Gasteiger partial charge in [-0.1, -0.05) is 32.6 Å². The lowest BCUT2D eigenvalue weighted by molar-refractivity contribution is -0.129. The van der Waals surface area contributed by atoms with Gasteiger partial charge >= 0.3 is 0 Å². The summed E-state index contributed by atoms with van der Waals surface area (Å²) in [6.07, 6.45) is 5.75. The molecule has 0 rings (SSSR count). The number of unbranched alkanes of at least 4 members (excludes halogenated alkanes) is 4. The molecule has 1 amide bonds. The van der Waals surface area contributed by atoms with Crippen LogP contribution in [0.25, 0.3) is 0 Å². The summed E-state index contributed by atoms with van der Waals surface area (Å²) < 4.78 is 31.2. The highest BCUT2D eigenvalue weighted by molar-refractivity contribution is 7.85. The van der Waals surface area contributed by atoms with Crippen LogP contribution in [-0.2, 0) is 14.9 Å². The SMILES string of the molecule is CCCCCCCC(=O)N(C)CCS(=O)(=O)[O-].[NH4+]. The van der Waals surface area contributed by atoms with E-state index in [9.17, 15) is 17.8 Å². The maximum Gasteiger partial charge on any atom is 0.222 e. The lowest BCUT2D eigenvalue weighted by Gasteiger charge is -2.18. The molecule has 0 heterocycles. The van der Waals surface area contributed by atoms with E-state index in [4.69, 9.17) is 0 Å². The van der Waals surface area contributed by atoms with E-state index >= 15 is 0 Å². The molecule has 0 aliphatic carbocycles. The van der Waals surface area contributed by atoms with Crippen LogP contribution < -0.4 is 6.15 Å². The summed E-state index contributed by atoms with van der Waals surface area (Å²) in [5.41, 5.74) is 0. The summed E-state index contributed by atoms with van der Waals surface area (Å²) in [6, 6.07) is 0. The second-order valence-corrected chi connectivity index (χ2v) is 5.76. The first-order chi connectivity index (χ1) is 7.87. The lowest BCUT2D eigenvalue weighted by atomic mass is 10.1. The normalized spacial score (nSPS) is 10.8. The molecule has 0 bridgehead atoms. The van der Waals surface area contributed by atoms with Gasteiger partial charge in [0.25, 0.3) is 0 Å². The zero-order valence-electron chi connectivity index (χ0n) is 11.6. The number of amides is 1. The fourth-order valence-electron chi connectivity index (χ4n) is 1.44. The molecule has 0 saturated carbocycles. The summed E-state index contributed by atoms with van der Waals surface area (Å²) in [7, 11) is -2.70. The highest BCUT2D eigenvalue weighted by Crippen LogP contribution is 2.06. The molecule has 0 aliphatic heterocycles. The largest absolute Gasteiger partial charge is 0.748 e. The van der Waals surface area contributed by atoms with Gasteiger partial charge in [-0.25, -0.2) is 8.42 Å². The van der Waals surface area contributed by atoms with Crippen LogP contribution in [-0.4, -0.2) is 43.1 Å². The number of hydrogen-bond donors (Lipinski definition) is 1. The van der Waals surface area contributed by atoms with Crippen LogP contribution >= 0.6 is 0 Å². The number of quaternary nitrogens is 1. The highest BCUT2D eigenvalue weighted by Gasteiger charge is 2.09. The fourth-order valence-corrected chi connectivity index (χ4v) is 1.94. The maximum atomic E-state index is 11.5. The third-order valence-corrected chi connectivity index (χ3v) is 3.28. The third kappa shape index (κ3) is 11.8. The van der Waals surface area contributed by atoms with Gasteiger partial charge in [0, 0.05) is 20.0 Å². The van der Waals surface area contributed by atoms with Crippen molar-refractivity contribution in [2.45, 2.75) is 45.4 Å². The average Bonchev–Trinajstić information content (AvgIpc) is 2.24. The molecule has 0 aromatic rings. The minimum atomic E-state index is -4.23. The van der Waals surface area contributed by atoms with Gasteiger partial charge in [-0.3, -0.25) is 4.79 Å². The van der Waals surface area contributed by atoms with Gasteiger partial charge in [-0.2, -0.15) is 0 Å². The van der Waals surface area contributed by atoms with Gasteiger partial charge in [0.2, 0.25) is 5.91 Å². The van der Waals surface area contributed by atoms with E-state index in [-0.39, 0.29) is 18.6 Å². The molecule has 18 heavy (non-hydrogen) atoms. The number of carbonyl (C=O) groups is 1. The Morgan fingerprint density at radius 1 is 1.17 bits per heavy atom. The van der Waals surface area contributed by atoms with E-state index < -0.39 is 15.9 Å². The Bertz CT molecular complexity index is 317. The predicted octanol–water partition coefficient (Wildman–Crippen LogP) is 1.73. The molecule has 0 aliphatic rings. The molecule has 0 unspecified atom stereocenters. The summed E-state index contributed by atoms with van der Waals surface area (Å²) in [5.74, 6) is -0.601. The second kappa shape index (κ2) is 10.3. The van der Waals surface area contributed by atoms with Crippen LogP contribution in [0.1, 0.15) is 45.4 Å². The first-order valence-electron chi connectivity index (χ1n) is 6.04. The van der Waals surface area contributed by atoms with Gasteiger partial charge in [-0.15, -0.1) is 0 Å². The van der Waals surface area contributed by atoms with E-state index in [1.54, 1.807) is 0 Å². The highest BCUT2D eigenvalue weighted by atomic mass is 32.2. The van der Waals surface area contributed by atoms with Crippen molar-refractivity contribution < 1.29 is 17.8 Å². The van der Waals surface area contributed by atoms with Crippen molar-refractivity contribution >= 4 is 16.0 Å². The van der Waals surface area contributed by atoms with Crippen LogP contribution in [0.15, 0.2) is 0 Å². The van der Waals surface area contributed by atoms with E-state index in [1.807, 2.05) is 0 Å². The molecule has 4 N–H and O–H groups in total. The predicted molar refractivity (Wildman–Crippen MR) is 71.6 cm³/mol. The third-order valence-electron chi connectivity index (χ3n) is 2.60. The second-order valence-electron chi connectivity index (χ2n) is 4.24. The van der Waals surface area contributed by atoms with E-state index in [0.29, 0.717) is 6.42 Å². The van der Waals surface area contributed by atoms with Crippen LogP contribution in [0, 0.1) is 0 Å². The Morgan fingerprint density at radius 2 is 1.72 bits per heavy atom. The zero-order chi connectivity index (χ0) is 13.3. The molecule has 0 spiro atoms. The quantitative estimate of drug-likeness (QED) is 0.512. The molecule has 0 atom stereocenters. The first-order valence-corrected chi connectivity index (χ1v) is 7.62. The molecule has 0 aromatic carbocycles. The number of hydrogen-bond acceptors (Lipinski definition) is 4. The minimum Gasteiger partial charge on any atom is -0.748 e. The lowest BCUT2D eigenvalue weighted by Crippen LogP contribution is -2.31. The monoisotopic (exact) mass is 282 g/mol. The average molecular weight is 282 g/mol. The van der Waals surface area contributed by atoms with Crippen molar-refractivity contribution in [2.24, 2.45) is 0 Å². The van der Waals surface area contributed by atoms with Crippen LogP contribution in [0.5, 0.6) is 0 Å². The minimum absolute atomic E-state index is 0. The summed E-state index contributed by atoms with van der Waals surface area (Å²) in [4.78, 5) is 12.8. The number of nitrogens with zero attached hydrogens (tertiary/aromatic N) is 1. The Balaban J connectivity index is 0. The molecule has 0 radical (unpaired) electrons. The van der Waals surface area contributed by atoms with Crippen molar-refractivity contribution in [2.75, 3.05) is 19.3 Å². The van der Waals surface area contributed by atoms with Gasteiger partial charge in [0.15, 0.2) is 0 Å². The van der Waals surface area contributed by atoms with Crippen LogP contribution in [0.3, 0.4) is 0 Å². The van der Waals surface area contributed by atoms with Crippen molar-refractivity contribution in [1.82, 2.24) is 11.1 Å². The van der Waals surface area contributed by atoms with Crippen molar-refractivity contribution in [3.63, 3.8) is 0 Å². The molecule has 0 aromatic heterocycles. The number of carbonyl (C=O) groups excluding carboxylic acids is 1. The van der Waals surface area contributed by atoms with E-state index in [2.05, 4.69) is 6.92 Å². The van der Waals surface area contributed by atoms with Crippen molar-refractivity contribution in [1.29, 1.82) is 0 Å². The van der Waals surface area contributed by atoms with Gasteiger partial charge in [0.1, 0.15) is 0 Å². The Labute approximate surface area is 110 Å². The van der Waals surface area contributed by atoms with Gasteiger partial charge in [-0.05, 0) is 6.42 Å². The Hall–Kier alpha value is -0.660. The molecule has 0 saturated heterocycles. The zero-order valence-corrected chi connectivity index (χ0v) is 12.5. The molecule has 0 fully saturated rings. The molecular formula is C11H26N2O4S. The summed E-state index contributed by atoms with van der Waals surface area (Å²) in [5, 5.41) is 0. The molecule has 6 nitrogen and oxygen atoms in total. The van der Waals surface area contributed by atoms with E-state index in [1.165, 1.54) is 18.4 Å². The van der Waals surface area contributed by atoms with Gasteiger partial charge in [0.05, 0.1) is 15.9 Å². The fraction of sp³-hybridized carbons (Fsp3) is 0.909. The number of rotatable bonds is 9. The maximum absolute atomic E-state index is 11.5. The van der Waals surface area contributed by atoms with Crippen molar-refractivity contribution in [3.05, 3.63) is 0 Å². The van der Waals surface area contributed by atoms with E-state index in [0.717, 1.165) is 25.7 Å². The molecule has 7 heteroatoms. The van der Waals surface area contributed by atoms with Crippen LogP contribution in [0.4, 0.5) is 0 Å². The summed E-state index contributed by atoms with van der Waals surface area (Å²) in [6.45, 7) is 2.11. The smallest absolute Gasteiger partial charge is 0.222 e. The standard InChI is InChI=1S/C11H23NO4S.H3N/c1-3-4-5-6-7-8-11(13)12(2)9-10-17(14,15)16;/h3-10H2,1-2H3,(H,14,15,16);1H3.